The van der Waals surface area contributed by atoms with Gasteiger partial charge in [0.15, 0.2) is 0 Å². The van der Waals surface area contributed by atoms with E-state index in [9.17, 15) is 14.3 Å². The molecule has 4 N–H and O–H groups in total. The van der Waals surface area contributed by atoms with Gasteiger partial charge in [0.25, 0.3) is 0 Å². The highest BCUT2D eigenvalue weighted by molar-refractivity contribution is 7.52. The Bertz CT molecular complexity index is 1130. The molecule has 29 heavy (non-hydrogen) atoms. The van der Waals surface area contributed by atoms with E-state index in [2.05, 4.69) is 9.62 Å². The number of nitrogens with zero attached hydrogens (tertiary/aromatic N) is 3. The van der Waals surface area contributed by atoms with Crippen LogP contribution in [0.5, 0.6) is 0 Å². The molecule has 1 atom stereocenters. The molecule has 0 radical (unpaired) electrons. The minimum Gasteiger partial charge on any atom is -0.384 e. The smallest absolute Gasteiger partial charge is 0.355 e. The average Bonchev–Trinajstić information content (AvgIpc) is 3.01. The van der Waals surface area contributed by atoms with Crippen molar-refractivity contribution in [3.63, 3.8) is 0 Å². The van der Waals surface area contributed by atoms with Gasteiger partial charge in [0.05, 0.1) is 17.5 Å². The number of amidine groups is 1. The average molecular weight is 415 g/mol. The second kappa shape index (κ2) is 8.16. The van der Waals surface area contributed by atoms with Crippen LogP contribution in [0.25, 0.3) is 11.4 Å². The lowest BCUT2D eigenvalue weighted by Gasteiger charge is -2.09. The lowest BCUT2D eigenvalue weighted by Crippen LogP contribution is -2.23. The van der Waals surface area contributed by atoms with Crippen LogP contribution in [0.4, 0.5) is 0 Å². The molecule has 1 aromatic heterocycles. The molecule has 2 aromatic carbocycles. The lowest BCUT2D eigenvalue weighted by atomic mass is 10.1. The molecule has 0 saturated heterocycles. The summed E-state index contributed by atoms with van der Waals surface area (Å²) in [6.07, 6.45) is 0.410. The predicted molar refractivity (Wildman–Crippen MR) is 110 cm³/mol. The van der Waals surface area contributed by atoms with Crippen LogP contribution in [0.15, 0.2) is 53.3 Å². The number of rotatable bonds is 7. The fourth-order valence-corrected chi connectivity index (χ4v) is 3.61. The van der Waals surface area contributed by atoms with E-state index in [1.54, 1.807) is 55.5 Å². The van der Waals surface area contributed by atoms with Gasteiger partial charge in [-0.05, 0) is 55.3 Å². The van der Waals surface area contributed by atoms with Gasteiger partial charge in [0, 0.05) is 12.7 Å². The van der Waals surface area contributed by atoms with Crippen molar-refractivity contribution in [2.45, 2.75) is 13.3 Å². The first-order valence-corrected chi connectivity index (χ1v) is 10.6. The third-order valence-corrected chi connectivity index (χ3v) is 5.89. The van der Waals surface area contributed by atoms with Crippen LogP contribution < -0.4 is 11.4 Å². The maximum atomic E-state index is 12.9. The van der Waals surface area contributed by atoms with E-state index in [1.165, 1.54) is 16.4 Å². The lowest BCUT2D eigenvalue weighted by molar-refractivity contribution is 0.316. The molecule has 152 valence electrons. The molecule has 10 heteroatoms. The molecule has 0 saturated carbocycles. The van der Waals surface area contributed by atoms with E-state index in [1.807, 2.05) is 0 Å². The van der Waals surface area contributed by atoms with Crippen LogP contribution in [0.1, 0.15) is 17.0 Å². The highest BCUT2D eigenvalue weighted by atomic mass is 31.2. The maximum Gasteiger partial charge on any atom is 0.355 e. The largest absolute Gasteiger partial charge is 0.384 e. The van der Waals surface area contributed by atoms with Gasteiger partial charge in [0.1, 0.15) is 11.7 Å². The van der Waals surface area contributed by atoms with E-state index in [0.29, 0.717) is 29.2 Å². The van der Waals surface area contributed by atoms with Gasteiger partial charge in [-0.3, -0.25) is 9.97 Å². The maximum absolute atomic E-state index is 12.9. The van der Waals surface area contributed by atoms with Crippen LogP contribution >= 0.6 is 7.60 Å². The second-order valence-corrected chi connectivity index (χ2v) is 8.58. The Balaban J connectivity index is 1.87. The summed E-state index contributed by atoms with van der Waals surface area (Å²) in [5, 5.41) is 11.8. The summed E-state index contributed by atoms with van der Waals surface area (Å²) in [6, 6.07) is 13.8. The fourth-order valence-electron chi connectivity index (χ4n) is 2.89. The molecular weight excluding hydrogens is 393 g/mol. The van der Waals surface area contributed by atoms with Gasteiger partial charge in [-0.1, -0.05) is 12.1 Å². The quantitative estimate of drug-likeness (QED) is 0.307. The number of hydrogen-bond acceptors (Lipinski definition) is 5. The SMILES string of the molecule is COP(=O)(O)CCc1ccc(-n2c(C)nn(-c3ccc(C(=N)N)cc3)c2=O)cc1. The third kappa shape index (κ3) is 4.54. The summed E-state index contributed by atoms with van der Waals surface area (Å²) >= 11 is 0. The van der Waals surface area contributed by atoms with Crippen LogP contribution in [0, 0.1) is 12.3 Å². The summed E-state index contributed by atoms with van der Waals surface area (Å²) < 4.78 is 18.9. The van der Waals surface area contributed by atoms with Crippen LogP contribution in [-0.2, 0) is 15.5 Å². The molecule has 3 rings (SSSR count). The predicted octanol–water partition coefficient (Wildman–Crippen LogP) is 1.99. The third-order valence-electron chi connectivity index (χ3n) is 4.53. The van der Waals surface area contributed by atoms with Crippen molar-refractivity contribution in [2.75, 3.05) is 13.3 Å². The zero-order chi connectivity index (χ0) is 21.2. The minimum absolute atomic E-state index is 0.0238. The van der Waals surface area contributed by atoms with E-state index >= 15 is 0 Å². The molecular formula is C19H22N5O4P. The Kier molecular flexibility index (Phi) is 5.83. The summed E-state index contributed by atoms with van der Waals surface area (Å²) in [5.74, 6) is 0.464. The van der Waals surface area contributed by atoms with Crippen molar-refractivity contribution in [3.8, 4) is 11.4 Å². The second-order valence-electron chi connectivity index (χ2n) is 6.50. The van der Waals surface area contributed by atoms with E-state index in [0.717, 1.165) is 5.56 Å². The molecule has 9 nitrogen and oxygen atoms in total. The fraction of sp³-hybridized carbons (Fsp3) is 0.211. The number of aryl methyl sites for hydroxylation is 2. The molecule has 0 bridgehead atoms. The molecule has 0 aliphatic rings. The van der Waals surface area contributed by atoms with E-state index in [4.69, 9.17) is 11.1 Å². The van der Waals surface area contributed by atoms with Gasteiger partial charge >= 0.3 is 13.3 Å². The number of nitrogens with one attached hydrogen (secondary N) is 1. The first-order valence-electron chi connectivity index (χ1n) is 8.82. The van der Waals surface area contributed by atoms with Gasteiger partial charge in [-0.15, -0.1) is 5.10 Å². The topological polar surface area (TPSA) is 136 Å². The number of hydrogen-bond donors (Lipinski definition) is 3. The molecule has 0 aliphatic heterocycles. The molecule has 1 heterocycles. The minimum atomic E-state index is -3.55. The number of nitrogen functional groups attached to an aromatic ring is 1. The van der Waals surface area contributed by atoms with Crippen LogP contribution in [0.3, 0.4) is 0 Å². The molecule has 1 unspecified atom stereocenters. The van der Waals surface area contributed by atoms with Crippen LogP contribution in [-0.4, -0.2) is 38.3 Å². The highest BCUT2D eigenvalue weighted by Crippen LogP contribution is 2.40. The Hall–Kier alpha value is -3.00. The van der Waals surface area contributed by atoms with Crippen molar-refractivity contribution in [2.24, 2.45) is 5.73 Å². The zero-order valence-corrected chi connectivity index (χ0v) is 17.0. The Labute approximate surface area is 167 Å². The van der Waals surface area contributed by atoms with Crippen molar-refractivity contribution < 1.29 is 14.0 Å². The molecule has 3 aromatic rings. The Morgan fingerprint density at radius 2 is 1.76 bits per heavy atom. The summed E-state index contributed by atoms with van der Waals surface area (Å²) in [4.78, 5) is 22.4. The molecule has 0 spiro atoms. The van der Waals surface area contributed by atoms with Gasteiger partial charge in [-0.2, -0.15) is 4.68 Å². The van der Waals surface area contributed by atoms with Gasteiger partial charge in [-0.25, -0.2) is 9.36 Å². The van der Waals surface area contributed by atoms with E-state index in [-0.39, 0.29) is 17.7 Å². The number of aromatic nitrogens is 3. The van der Waals surface area contributed by atoms with Gasteiger partial charge < -0.3 is 15.2 Å². The summed E-state index contributed by atoms with van der Waals surface area (Å²) in [7, 11) is -2.34. The van der Waals surface area contributed by atoms with Crippen LogP contribution in [0.2, 0.25) is 0 Å². The summed E-state index contributed by atoms with van der Waals surface area (Å²) in [5.41, 5.74) is 7.76. The number of nitrogens with two attached hydrogens (primary N) is 1. The molecule has 0 amide bonds. The standard InChI is InChI=1S/C19H22N5O4P/c1-13-22-24(17-9-5-15(6-10-17)18(20)21)19(25)23(13)16-7-3-14(4-8-16)11-12-29(26,27)28-2/h3-10H,11-12H2,1-2H3,(H3,20,21)(H,26,27). The number of benzene rings is 2. The Morgan fingerprint density at radius 1 is 1.17 bits per heavy atom. The van der Waals surface area contributed by atoms with E-state index < -0.39 is 7.60 Å². The molecule has 0 fully saturated rings. The first kappa shape index (κ1) is 20.7. The van der Waals surface area contributed by atoms with Crippen molar-refractivity contribution in [3.05, 3.63) is 76.0 Å². The highest BCUT2D eigenvalue weighted by Gasteiger charge is 2.17. The Morgan fingerprint density at radius 3 is 2.31 bits per heavy atom. The van der Waals surface area contributed by atoms with Gasteiger partial charge in [0.2, 0.25) is 0 Å². The zero-order valence-electron chi connectivity index (χ0n) is 16.1. The summed E-state index contributed by atoms with van der Waals surface area (Å²) in [6.45, 7) is 1.73. The monoisotopic (exact) mass is 415 g/mol. The van der Waals surface area contributed by atoms with Crippen molar-refractivity contribution in [1.29, 1.82) is 5.41 Å². The van der Waals surface area contributed by atoms with Crippen molar-refractivity contribution >= 4 is 13.4 Å². The first-order chi connectivity index (χ1) is 13.7. The normalized spacial score (nSPS) is 13.2. The van der Waals surface area contributed by atoms with Crippen molar-refractivity contribution in [1.82, 2.24) is 14.3 Å². The molecule has 0 aliphatic carbocycles.